The standard InChI is InChI=1S/C19H22O2.C2H6/c1-3-4-5-14-21-15(2)16-6-8-17(9-7-16)18-10-12-19(20)13-11-18;1-2/h6-13,20H,2-5,14H2,1H3;1-2H3. The molecule has 0 aromatic heterocycles. The van der Waals surface area contributed by atoms with E-state index < -0.39 is 0 Å². The van der Waals surface area contributed by atoms with E-state index in [0.29, 0.717) is 0 Å². The lowest BCUT2D eigenvalue weighted by atomic mass is 10.0. The number of phenols is 1. The molecule has 0 spiro atoms. The van der Waals surface area contributed by atoms with Crippen LogP contribution in [-0.4, -0.2) is 11.7 Å². The molecule has 0 atom stereocenters. The van der Waals surface area contributed by atoms with Crippen molar-refractivity contribution in [1.82, 2.24) is 0 Å². The molecule has 2 heteroatoms. The van der Waals surface area contributed by atoms with Crippen LogP contribution in [0, 0.1) is 0 Å². The van der Waals surface area contributed by atoms with Crippen LogP contribution in [0.3, 0.4) is 0 Å². The molecule has 2 aromatic rings. The maximum Gasteiger partial charge on any atom is 0.119 e. The van der Waals surface area contributed by atoms with Crippen molar-refractivity contribution in [3.05, 3.63) is 60.7 Å². The van der Waals surface area contributed by atoms with Crippen LogP contribution in [0.1, 0.15) is 45.6 Å². The highest BCUT2D eigenvalue weighted by Gasteiger charge is 2.02. The Morgan fingerprint density at radius 1 is 0.913 bits per heavy atom. The zero-order chi connectivity index (χ0) is 17.1. The Kier molecular flexibility index (Phi) is 8.59. The van der Waals surface area contributed by atoms with Gasteiger partial charge in [-0.1, -0.05) is 76.6 Å². The second-order valence-corrected chi connectivity index (χ2v) is 5.10. The van der Waals surface area contributed by atoms with Gasteiger partial charge in [0.05, 0.1) is 6.61 Å². The van der Waals surface area contributed by atoms with Gasteiger partial charge in [-0.05, 0) is 29.7 Å². The van der Waals surface area contributed by atoms with Gasteiger partial charge in [-0.2, -0.15) is 0 Å². The molecule has 0 saturated heterocycles. The molecule has 0 aliphatic carbocycles. The second kappa shape index (κ2) is 10.5. The summed E-state index contributed by atoms with van der Waals surface area (Å²) in [5.41, 5.74) is 3.19. The maximum atomic E-state index is 9.31. The summed E-state index contributed by atoms with van der Waals surface area (Å²) in [6.45, 7) is 10.9. The summed E-state index contributed by atoms with van der Waals surface area (Å²) in [4.78, 5) is 0. The number of rotatable bonds is 7. The fourth-order valence-electron chi connectivity index (χ4n) is 2.13. The first-order valence-electron chi connectivity index (χ1n) is 8.42. The smallest absolute Gasteiger partial charge is 0.119 e. The molecule has 0 aliphatic heterocycles. The van der Waals surface area contributed by atoms with E-state index in [1.54, 1.807) is 12.1 Å². The SMILES string of the molecule is C=C(OCCCCC)c1ccc(-c2ccc(O)cc2)cc1.CC. The van der Waals surface area contributed by atoms with Gasteiger partial charge in [0.25, 0.3) is 0 Å². The third-order valence-electron chi connectivity index (χ3n) is 3.43. The van der Waals surface area contributed by atoms with E-state index in [0.717, 1.165) is 35.5 Å². The van der Waals surface area contributed by atoms with Crippen molar-refractivity contribution in [3.8, 4) is 16.9 Å². The van der Waals surface area contributed by atoms with Crippen LogP contribution in [0.2, 0.25) is 0 Å². The number of unbranched alkanes of at least 4 members (excludes halogenated alkanes) is 2. The molecule has 124 valence electrons. The predicted molar refractivity (Wildman–Crippen MR) is 99.4 cm³/mol. The van der Waals surface area contributed by atoms with Crippen molar-refractivity contribution >= 4 is 5.76 Å². The van der Waals surface area contributed by atoms with E-state index >= 15 is 0 Å². The van der Waals surface area contributed by atoms with Crippen molar-refractivity contribution < 1.29 is 9.84 Å². The summed E-state index contributed by atoms with van der Waals surface area (Å²) in [5.74, 6) is 1.01. The van der Waals surface area contributed by atoms with Crippen LogP contribution in [0.5, 0.6) is 5.75 Å². The summed E-state index contributed by atoms with van der Waals surface area (Å²) in [6.07, 6.45) is 3.45. The average molecular weight is 312 g/mol. The van der Waals surface area contributed by atoms with Crippen molar-refractivity contribution in [1.29, 1.82) is 0 Å². The molecule has 0 saturated carbocycles. The van der Waals surface area contributed by atoms with E-state index in [1.807, 2.05) is 50.2 Å². The summed E-state index contributed by atoms with van der Waals surface area (Å²) in [7, 11) is 0. The van der Waals surface area contributed by atoms with Crippen LogP contribution in [-0.2, 0) is 4.74 Å². The predicted octanol–water partition coefficient (Wildman–Crippen LogP) is 6.26. The molecule has 2 rings (SSSR count). The molecule has 0 heterocycles. The first kappa shape index (κ1) is 18.8. The fourth-order valence-corrected chi connectivity index (χ4v) is 2.13. The van der Waals surface area contributed by atoms with E-state index in [1.165, 1.54) is 12.8 Å². The third-order valence-corrected chi connectivity index (χ3v) is 3.43. The van der Waals surface area contributed by atoms with Gasteiger partial charge < -0.3 is 9.84 Å². The van der Waals surface area contributed by atoms with E-state index in [4.69, 9.17) is 4.74 Å². The molecule has 2 aromatic carbocycles. The highest BCUT2D eigenvalue weighted by molar-refractivity contribution is 5.67. The number of aromatic hydroxyl groups is 1. The Labute approximate surface area is 140 Å². The summed E-state index contributed by atoms with van der Waals surface area (Å²) in [6, 6.07) is 15.3. The normalized spacial score (nSPS) is 9.70. The Balaban J connectivity index is 0.00000127. The lowest BCUT2D eigenvalue weighted by Crippen LogP contribution is -1.94. The second-order valence-electron chi connectivity index (χ2n) is 5.10. The fraction of sp³-hybridized carbons (Fsp3) is 0.333. The number of hydrogen-bond donors (Lipinski definition) is 1. The Hall–Kier alpha value is -2.22. The van der Waals surface area contributed by atoms with E-state index in [2.05, 4.69) is 13.5 Å². The lowest BCUT2D eigenvalue weighted by molar-refractivity contribution is 0.268. The molecule has 23 heavy (non-hydrogen) atoms. The van der Waals surface area contributed by atoms with Crippen LogP contribution in [0.4, 0.5) is 0 Å². The van der Waals surface area contributed by atoms with Gasteiger partial charge in [0, 0.05) is 5.56 Å². The van der Waals surface area contributed by atoms with Crippen LogP contribution < -0.4 is 0 Å². The van der Waals surface area contributed by atoms with Crippen LogP contribution in [0.15, 0.2) is 55.1 Å². The van der Waals surface area contributed by atoms with Crippen molar-refractivity contribution in [2.75, 3.05) is 6.61 Å². The lowest BCUT2D eigenvalue weighted by Gasteiger charge is -2.10. The largest absolute Gasteiger partial charge is 0.508 e. The zero-order valence-electron chi connectivity index (χ0n) is 14.5. The number of hydrogen-bond acceptors (Lipinski definition) is 2. The minimum atomic E-state index is 0.282. The molecule has 0 aliphatic rings. The monoisotopic (exact) mass is 312 g/mol. The first-order chi connectivity index (χ1) is 11.2. The van der Waals surface area contributed by atoms with Gasteiger partial charge in [0.15, 0.2) is 0 Å². The Bertz CT molecular complexity index is 568. The number of phenolic OH excluding ortho intramolecular Hbond substituents is 1. The van der Waals surface area contributed by atoms with Crippen LogP contribution in [0.25, 0.3) is 16.9 Å². The summed E-state index contributed by atoms with van der Waals surface area (Å²) >= 11 is 0. The third kappa shape index (κ3) is 6.19. The quantitative estimate of drug-likeness (QED) is 0.483. The first-order valence-corrected chi connectivity index (χ1v) is 8.42. The van der Waals surface area contributed by atoms with Gasteiger partial charge in [-0.3, -0.25) is 0 Å². The molecule has 0 radical (unpaired) electrons. The molecular formula is C21H28O2. The van der Waals surface area contributed by atoms with Gasteiger partial charge in [-0.15, -0.1) is 0 Å². The van der Waals surface area contributed by atoms with E-state index in [9.17, 15) is 5.11 Å². The summed E-state index contributed by atoms with van der Waals surface area (Å²) < 4.78 is 5.66. The van der Waals surface area contributed by atoms with Gasteiger partial charge in [-0.25, -0.2) is 0 Å². The Morgan fingerprint density at radius 3 is 1.96 bits per heavy atom. The average Bonchev–Trinajstić information content (AvgIpc) is 2.61. The highest BCUT2D eigenvalue weighted by Crippen LogP contribution is 2.24. The minimum absolute atomic E-state index is 0.282. The number of ether oxygens (including phenoxy) is 1. The maximum absolute atomic E-state index is 9.31. The minimum Gasteiger partial charge on any atom is -0.508 e. The van der Waals surface area contributed by atoms with Gasteiger partial charge in [0.1, 0.15) is 11.5 Å². The molecule has 0 amide bonds. The molecule has 0 bridgehead atoms. The summed E-state index contributed by atoms with van der Waals surface area (Å²) in [5, 5.41) is 9.31. The van der Waals surface area contributed by atoms with Crippen molar-refractivity contribution in [2.45, 2.75) is 40.0 Å². The molecule has 0 fully saturated rings. The Morgan fingerprint density at radius 2 is 1.43 bits per heavy atom. The number of benzene rings is 2. The molecule has 2 nitrogen and oxygen atoms in total. The van der Waals surface area contributed by atoms with Gasteiger partial charge >= 0.3 is 0 Å². The topological polar surface area (TPSA) is 29.5 Å². The van der Waals surface area contributed by atoms with Crippen LogP contribution >= 0.6 is 0 Å². The van der Waals surface area contributed by atoms with Gasteiger partial charge in [0.2, 0.25) is 0 Å². The molecule has 1 N–H and O–H groups in total. The zero-order valence-corrected chi connectivity index (χ0v) is 14.5. The van der Waals surface area contributed by atoms with E-state index in [-0.39, 0.29) is 5.75 Å². The molecule has 0 unspecified atom stereocenters. The van der Waals surface area contributed by atoms with Crippen molar-refractivity contribution in [2.24, 2.45) is 0 Å². The highest BCUT2D eigenvalue weighted by atomic mass is 16.5. The van der Waals surface area contributed by atoms with Crippen molar-refractivity contribution in [3.63, 3.8) is 0 Å². The molecular weight excluding hydrogens is 284 g/mol.